The van der Waals surface area contributed by atoms with E-state index < -0.39 is 39.5 Å². The average Bonchev–Trinajstić information content (AvgIpc) is 3.28. The Morgan fingerprint density at radius 3 is 2.43 bits per heavy atom. The summed E-state index contributed by atoms with van der Waals surface area (Å²) in [7, 11) is -0.262. The molecule has 2 heterocycles. The molecule has 2 aromatic heterocycles. The predicted molar refractivity (Wildman–Crippen MR) is 131 cm³/mol. The number of hydrogen-bond donors (Lipinski definition) is 4. The van der Waals surface area contributed by atoms with Crippen LogP contribution in [0.15, 0.2) is 40.0 Å². The standard InChI is InChI=1S/C22H26N6O8S/c1-28(11-13-10-15-18(24-13)26-22(23)27-20(15)31)37(33,34)14-6-4-12(5-7-14)19(30)25-16(21(32)36-3)8-9-17(29)35-2/h4-7,10,16H,8-9,11H2,1-3H3,(H,25,30)(H4,23,24,26,27,31)/t16-/m0/s1. The van der Waals surface area contributed by atoms with Gasteiger partial charge < -0.3 is 25.5 Å². The number of ether oxygens (including phenoxy) is 2. The SMILES string of the molecule is COC(=O)CC[C@H](NC(=O)c1ccc(S(=O)(=O)N(C)Cc2cc3c(=O)[nH]c(N)nc3[nH]2)cc1)C(=O)OC. The zero-order valence-electron chi connectivity index (χ0n) is 20.2. The molecule has 1 amide bonds. The Hall–Kier alpha value is -4.24. The molecule has 0 bridgehead atoms. The highest BCUT2D eigenvalue weighted by Crippen LogP contribution is 2.19. The second-order valence-corrected chi connectivity index (χ2v) is 10.0. The minimum atomic E-state index is -3.97. The van der Waals surface area contributed by atoms with Gasteiger partial charge in [-0.2, -0.15) is 9.29 Å². The zero-order chi connectivity index (χ0) is 27.3. The molecule has 15 heteroatoms. The van der Waals surface area contributed by atoms with Crippen molar-refractivity contribution >= 4 is 44.9 Å². The molecule has 0 unspecified atom stereocenters. The number of fused-ring (bicyclic) bond motifs is 1. The van der Waals surface area contributed by atoms with Crippen molar-refractivity contribution in [1.82, 2.24) is 24.6 Å². The number of benzene rings is 1. The molecule has 3 aromatic rings. The molecule has 37 heavy (non-hydrogen) atoms. The first-order chi connectivity index (χ1) is 17.5. The van der Waals surface area contributed by atoms with Gasteiger partial charge in [-0.3, -0.25) is 19.4 Å². The number of H-pyrrole nitrogens is 2. The van der Waals surface area contributed by atoms with Gasteiger partial charge in [0.2, 0.25) is 16.0 Å². The summed E-state index contributed by atoms with van der Waals surface area (Å²) in [5.41, 5.74) is 5.82. The number of aromatic nitrogens is 3. The number of methoxy groups -OCH3 is 2. The number of anilines is 1. The summed E-state index contributed by atoms with van der Waals surface area (Å²) in [6, 6.07) is 5.47. The van der Waals surface area contributed by atoms with Crippen LogP contribution >= 0.6 is 0 Å². The van der Waals surface area contributed by atoms with Crippen LogP contribution in [0.25, 0.3) is 11.0 Å². The summed E-state index contributed by atoms with van der Waals surface area (Å²) in [5, 5.41) is 2.71. The summed E-state index contributed by atoms with van der Waals surface area (Å²) >= 11 is 0. The first kappa shape index (κ1) is 27.3. The largest absolute Gasteiger partial charge is 0.469 e. The summed E-state index contributed by atoms with van der Waals surface area (Å²) < 4.78 is 36.3. The van der Waals surface area contributed by atoms with Crippen molar-refractivity contribution in [3.05, 3.63) is 51.9 Å². The van der Waals surface area contributed by atoms with Crippen molar-refractivity contribution in [3.8, 4) is 0 Å². The molecule has 0 spiro atoms. The number of amides is 1. The van der Waals surface area contributed by atoms with Crippen LogP contribution in [0.4, 0.5) is 5.95 Å². The number of nitrogens with two attached hydrogens (primary N) is 1. The maximum atomic E-state index is 13.0. The number of hydrogen-bond acceptors (Lipinski definition) is 10. The van der Waals surface area contributed by atoms with E-state index >= 15 is 0 Å². The Kier molecular flexibility index (Phi) is 8.29. The van der Waals surface area contributed by atoms with Gasteiger partial charge in [-0.1, -0.05) is 0 Å². The highest BCUT2D eigenvalue weighted by atomic mass is 32.2. The van der Waals surface area contributed by atoms with Crippen LogP contribution in [0.5, 0.6) is 0 Å². The van der Waals surface area contributed by atoms with Crippen LogP contribution in [0.3, 0.4) is 0 Å². The molecule has 0 saturated carbocycles. The third-order valence-electron chi connectivity index (χ3n) is 5.44. The van der Waals surface area contributed by atoms with Crippen LogP contribution < -0.4 is 16.6 Å². The molecule has 0 aliphatic rings. The van der Waals surface area contributed by atoms with Crippen molar-refractivity contribution in [2.75, 3.05) is 27.0 Å². The fourth-order valence-electron chi connectivity index (χ4n) is 3.46. The first-order valence-corrected chi connectivity index (χ1v) is 12.3. The van der Waals surface area contributed by atoms with E-state index in [-0.39, 0.29) is 46.8 Å². The number of rotatable bonds is 10. The number of aromatic amines is 2. The van der Waals surface area contributed by atoms with Gasteiger partial charge in [0.1, 0.15) is 11.7 Å². The molecular weight excluding hydrogens is 508 g/mol. The van der Waals surface area contributed by atoms with E-state index in [1.807, 2.05) is 0 Å². The third-order valence-corrected chi connectivity index (χ3v) is 7.26. The van der Waals surface area contributed by atoms with Gasteiger partial charge >= 0.3 is 11.9 Å². The number of sulfonamides is 1. The van der Waals surface area contributed by atoms with Crippen LogP contribution in [0.1, 0.15) is 28.9 Å². The predicted octanol–water partition coefficient (Wildman–Crippen LogP) is -0.121. The minimum Gasteiger partial charge on any atom is -0.469 e. The molecular formula is C22H26N6O8S. The topological polar surface area (TPSA) is 207 Å². The maximum absolute atomic E-state index is 13.0. The Labute approximate surface area is 211 Å². The number of nitrogens with one attached hydrogen (secondary N) is 3. The Morgan fingerprint density at radius 2 is 1.81 bits per heavy atom. The smallest absolute Gasteiger partial charge is 0.328 e. The minimum absolute atomic E-state index is 0.0376. The van der Waals surface area contributed by atoms with Gasteiger partial charge in [0, 0.05) is 24.7 Å². The van der Waals surface area contributed by atoms with Gasteiger partial charge in [0.05, 0.1) is 31.0 Å². The van der Waals surface area contributed by atoms with Gasteiger partial charge in [-0.05, 0) is 36.8 Å². The molecule has 3 rings (SSSR count). The van der Waals surface area contributed by atoms with E-state index in [0.29, 0.717) is 5.69 Å². The second-order valence-electron chi connectivity index (χ2n) is 7.96. The van der Waals surface area contributed by atoms with E-state index in [1.165, 1.54) is 44.5 Å². The molecule has 0 radical (unpaired) electrons. The van der Waals surface area contributed by atoms with Crippen molar-refractivity contribution in [2.24, 2.45) is 0 Å². The van der Waals surface area contributed by atoms with Crippen molar-refractivity contribution in [3.63, 3.8) is 0 Å². The zero-order valence-corrected chi connectivity index (χ0v) is 21.0. The van der Waals surface area contributed by atoms with E-state index in [4.69, 9.17) is 5.73 Å². The normalized spacial score (nSPS) is 12.3. The number of nitrogen functional groups attached to an aromatic ring is 1. The van der Waals surface area contributed by atoms with Crippen molar-refractivity contribution in [2.45, 2.75) is 30.3 Å². The Bertz CT molecular complexity index is 1480. The first-order valence-electron chi connectivity index (χ1n) is 10.9. The van der Waals surface area contributed by atoms with Crippen LogP contribution in [-0.2, 0) is 35.6 Å². The third kappa shape index (κ3) is 6.31. The molecule has 0 fully saturated rings. The molecule has 1 aromatic carbocycles. The lowest BCUT2D eigenvalue weighted by Gasteiger charge is -2.17. The monoisotopic (exact) mass is 534 g/mol. The van der Waals surface area contributed by atoms with Crippen LogP contribution in [0, 0.1) is 0 Å². The van der Waals surface area contributed by atoms with Crippen molar-refractivity contribution in [1.29, 1.82) is 0 Å². The molecule has 0 aliphatic carbocycles. The summed E-state index contributed by atoms with van der Waals surface area (Å²) in [4.78, 5) is 57.1. The van der Waals surface area contributed by atoms with Crippen molar-refractivity contribution < 1.29 is 32.3 Å². The van der Waals surface area contributed by atoms with Gasteiger partial charge in [-0.25, -0.2) is 13.2 Å². The van der Waals surface area contributed by atoms with E-state index in [9.17, 15) is 27.6 Å². The van der Waals surface area contributed by atoms with Gasteiger partial charge in [0.25, 0.3) is 11.5 Å². The molecule has 0 aliphatic heterocycles. The fourth-order valence-corrected chi connectivity index (χ4v) is 4.61. The highest BCUT2D eigenvalue weighted by molar-refractivity contribution is 7.89. The molecule has 5 N–H and O–H groups in total. The molecule has 198 valence electrons. The van der Waals surface area contributed by atoms with Gasteiger partial charge in [-0.15, -0.1) is 0 Å². The number of nitrogens with zero attached hydrogens (tertiary/aromatic N) is 2. The lowest BCUT2D eigenvalue weighted by Crippen LogP contribution is -2.41. The number of carbonyl (C=O) groups excluding carboxylic acids is 3. The molecule has 1 atom stereocenters. The lowest BCUT2D eigenvalue weighted by molar-refractivity contribution is -0.144. The van der Waals surface area contributed by atoms with E-state index in [1.54, 1.807) is 0 Å². The Balaban J connectivity index is 1.72. The fraction of sp³-hybridized carbons (Fsp3) is 0.318. The van der Waals surface area contributed by atoms with E-state index in [2.05, 4.69) is 29.7 Å². The van der Waals surface area contributed by atoms with E-state index in [0.717, 1.165) is 11.4 Å². The average molecular weight is 535 g/mol. The summed E-state index contributed by atoms with van der Waals surface area (Å²) in [5.74, 6) is -2.03. The number of carbonyl (C=O) groups is 3. The van der Waals surface area contributed by atoms with Gasteiger partial charge in [0.15, 0.2) is 0 Å². The summed E-state index contributed by atoms with van der Waals surface area (Å²) in [6.45, 7) is -0.0960. The number of esters is 2. The Morgan fingerprint density at radius 1 is 1.14 bits per heavy atom. The maximum Gasteiger partial charge on any atom is 0.328 e. The van der Waals surface area contributed by atoms with Crippen LogP contribution in [-0.4, -0.2) is 72.8 Å². The highest BCUT2D eigenvalue weighted by Gasteiger charge is 2.25. The second kappa shape index (κ2) is 11.2. The quantitative estimate of drug-likeness (QED) is 0.254. The molecule has 14 nitrogen and oxygen atoms in total. The lowest BCUT2D eigenvalue weighted by atomic mass is 10.1. The van der Waals surface area contributed by atoms with Crippen LogP contribution in [0.2, 0.25) is 0 Å². The summed E-state index contributed by atoms with van der Waals surface area (Å²) in [6.07, 6.45) is -0.154. The molecule has 0 saturated heterocycles.